The lowest BCUT2D eigenvalue weighted by Crippen LogP contribution is -2.26. The molecule has 16 bridgehead atoms. The average molecular weight is 1010 g/mol. The van der Waals surface area contributed by atoms with Gasteiger partial charge < -0.3 is 20.4 Å². The predicted octanol–water partition coefficient (Wildman–Crippen LogP) is 7.67. The van der Waals surface area contributed by atoms with E-state index in [1.165, 1.54) is 0 Å². The minimum absolute atomic E-state index is 0.00793. The van der Waals surface area contributed by atoms with Crippen molar-refractivity contribution < 1.29 is 20.4 Å². The Balaban J connectivity index is 0.967. The van der Waals surface area contributed by atoms with Crippen LogP contribution in [-0.2, 0) is 52.4 Å². The second kappa shape index (κ2) is 17.9. The number of aromatic hydroxyl groups is 4. The van der Waals surface area contributed by atoms with Gasteiger partial charge in [0.25, 0.3) is 0 Å². The molecule has 0 saturated carbocycles. The largest absolute Gasteiger partial charge is 0.507 e. The molecule has 16 heteroatoms. The highest BCUT2D eigenvalue weighted by Gasteiger charge is 2.24. The van der Waals surface area contributed by atoms with Crippen molar-refractivity contribution in [2.24, 2.45) is 0 Å². The number of para-hydroxylation sites is 12. The summed E-state index contributed by atoms with van der Waals surface area (Å²) in [5.74, 6) is -0.297. The highest BCUT2D eigenvalue weighted by Crippen LogP contribution is 2.32. The fraction of sp³-hybridized carbons (Fsp3) is 0.133. The molecule has 1 aliphatic rings. The van der Waals surface area contributed by atoms with Crippen LogP contribution in [0.4, 0.5) is 0 Å². The minimum Gasteiger partial charge on any atom is -0.507 e. The summed E-state index contributed by atoms with van der Waals surface area (Å²) in [7, 11) is 0. The highest BCUT2D eigenvalue weighted by atomic mass is 16.3. The molecule has 0 radical (unpaired) electrons. The molecule has 1 aliphatic heterocycles. The van der Waals surface area contributed by atoms with E-state index in [1.54, 1.807) is 109 Å². The molecule has 0 aliphatic carbocycles. The Hall–Kier alpha value is -9.96. The average Bonchev–Trinajstić information content (AvgIpc) is 4.09. The topological polar surface area (TPSA) is 189 Å². The Bertz CT molecular complexity index is 3760. The standard InChI is InChI=1S/C60H48N8O8/c69-53-37-13-9-15-39(53)31-63-47-23-3-4-24-48(47)65(58(63)74)33-41-17-11-19-43(55(41)71)35-67-51-27-7-8-28-52(51)68(60(67)76)36-44-20-12-18-42(56(44)72)34-66-50-26-6-5-25-49(50)64(59(66)75)32-40-16-10-14-38(54(40)70)30-62-46-22-2-1-21-45(46)61(29-37)57(62)73/h1-28,69-72H,29-36H2. The third-order valence-electron chi connectivity index (χ3n) is 15.1. The molecule has 4 N–H and O–H groups in total. The maximum absolute atomic E-state index is 14.6. The van der Waals surface area contributed by atoms with Crippen LogP contribution in [0.25, 0.3) is 44.1 Å². The summed E-state index contributed by atoms with van der Waals surface area (Å²) in [6, 6.07) is 50.3. The zero-order valence-corrected chi connectivity index (χ0v) is 40.8. The van der Waals surface area contributed by atoms with Gasteiger partial charge in [0.2, 0.25) is 0 Å². The Kier molecular flexibility index (Phi) is 10.8. The number of imidazole rings is 4. The SMILES string of the molecule is O=c1n2c3ccccc3n1Cc1cccc(c1O)Cn1c(=O)n(c3ccccc31)Cc1cccc(c1O)Cn1c(=O)n(c3ccccc31)Cc1cccc(c1O)Cn1c(=O)n(c3ccccc31)Cc1cccc(c1O)C2. The number of rotatable bonds is 0. The molecule has 5 heterocycles. The first-order valence-corrected chi connectivity index (χ1v) is 24.9. The number of phenolic OH excluding ortho intramolecular Hbond substituents is 4. The first-order valence-electron chi connectivity index (χ1n) is 24.9. The van der Waals surface area contributed by atoms with Gasteiger partial charge in [0.05, 0.1) is 96.5 Å². The first-order chi connectivity index (χ1) is 37.0. The number of hydrogen-bond acceptors (Lipinski definition) is 8. The molecule has 76 heavy (non-hydrogen) atoms. The zero-order valence-electron chi connectivity index (χ0n) is 40.8. The van der Waals surface area contributed by atoms with E-state index in [1.807, 2.05) is 97.1 Å². The van der Waals surface area contributed by atoms with Crippen LogP contribution in [-0.4, -0.2) is 57.0 Å². The Morgan fingerprint density at radius 3 is 0.474 bits per heavy atom. The van der Waals surface area contributed by atoms with Crippen molar-refractivity contribution in [2.45, 2.75) is 52.4 Å². The maximum atomic E-state index is 14.6. The molecule has 12 aromatic rings. The summed E-state index contributed by atoms with van der Waals surface area (Å²) in [4.78, 5) is 58.5. The van der Waals surface area contributed by atoms with Gasteiger partial charge in [0.1, 0.15) is 23.0 Å². The maximum Gasteiger partial charge on any atom is 0.329 e. The van der Waals surface area contributed by atoms with E-state index in [4.69, 9.17) is 0 Å². The molecule has 0 saturated heterocycles. The number of fused-ring (bicyclic) bond motifs is 28. The lowest BCUT2D eigenvalue weighted by Gasteiger charge is -2.13. The van der Waals surface area contributed by atoms with Crippen molar-refractivity contribution in [1.29, 1.82) is 0 Å². The monoisotopic (exact) mass is 1010 g/mol. The van der Waals surface area contributed by atoms with Crippen molar-refractivity contribution in [2.75, 3.05) is 0 Å². The van der Waals surface area contributed by atoms with Crippen LogP contribution in [0.5, 0.6) is 23.0 Å². The molecule has 13 rings (SSSR count). The van der Waals surface area contributed by atoms with Gasteiger partial charge in [0, 0.05) is 44.5 Å². The molecule has 0 unspecified atom stereocenters. The fourth-order valence-corrected chi connectivity index (χ4v) is 11.3. The molecule has 0 atom stereocenters. The van der Waals surface area contributed by atoms with E-state index >= 15 is 0 Å². The summed E-state index contributed by atoms with van der Waals surface area (Å²) in [5.41, 5.74) is 6.95. The summed E-state index contributed by atoms with van der Waals surface area (Å²) in [6.07, 6.45) is 0. The predicted molar refractivity (Wildman–Crippen MR) is 290 cm³/mol. The Morgan fingerprint density at radius 1 is 0.211 bits per heavy atom. The van der Waals surface area contributed by atoms with Gasteiger partial charge in [-0.1, -0.05) is 121 Å². The molecular weight excluding hydrogens is 961 g/mol. The normalized spacial score (nSPS) is 13.3. The van der Waals surface area contributed by atoms with Gasteiger partial charge in [-0.2, -0.15) is 0 Å². The summed E-state index contributed by atoms with van der Waals surface area (Å²) in [6.45, 7) is -0.0634. The third-order valence-corrected chi connectivity index (χ3v) is 15.1. The second-order valence-electron chi connectivity index (χ2n) is 19.5. The Labute approximate surface area is 431 Å². The van der Waals surface area contributed by atoms with E-state index in [-0.39, 0.29) is 98.1 Å². The van der Waals surface area contributed by atoms with Gasteiger partial charge in [-0.15, -0.1) is 0 Å². The molecule has 0 amide bonds. The van der Waals surface area contributed by atoms with E-state index in [0.717, 1.165) is 0 Å². The van der Waals surface area contributed by atoms with Gasteiger partial charge in [-0.3, -0.25) is 36.5 Å². The second-order valence-corrected chi connectivity index (χ2v) is 19.5. The van der Waals surface area contributed by atoms with Crippen LogP contribution in [0.2, 0.25) is 0 Å². The van der Waals surface area contributed by atoms with Gasteiger partial charge in [-0.05, 0) is 48.5 Å². The molecule has 16 nitrogen and oxygen atoms in total. The third kappa shape index (κ3) is 7.35. The van der Waals surface area contributed by atoms with Crippen LogP contribution < -0.4 is 22.8 Å². The van der Waals surface area contributed by atoms with Crippen molar-refractivity contribution in [3.05, 3.63) is 256 Å². The molecule has 0 fully saturated rings. The van der Waals surface area contributed by atoms with E-state index < -0.39 is 0 Å². The number of benzene rings is 8. The fourth-order valence-electron chi connectivity index (χ4n) is 11.3. The summed E-state index contributed by atoms with van der Waals surface area (Å²) >= 11 is 0. The van der Waals surface area contributed by atoms with Crippen LogP contribution in [0.15, 0.2) is 189 Å². The first kappa shape index (κ1) is 45.9. The van der Waals surface area contributed by atoms with Crippen LogP contribution in [0.1, 0.15) is 44.5 Å². The lowest BCUT2D eigenvalue weighted by molar-refractivity contribution is 0.454. The van der Waals surface area contributed by atoms with E-state index in [0.29, 0.717) is 88.6 Å². The minimum atomic E-state index is -0.377. The van der Waals surface area contributed by atoms with Gasteiger partial charge in [0.15, 0.2) is 0 Å². The highest BCUT2D eigenvalue weighted by molar-refractivity contribution is 5.79. The van der Waals surface area contributed by atoms with E-state index in [2.05, 4.69) is 0 Å². The Morgan fingerprint density at radius 2 is 0.342 bits per heavy atom. The van der Waals surface area contributed by atoms with Gasteiger partial charge >= 0.3 is 22.8 Å². The molecule has 0 spiro atoms. The van der Waals surface area contributed by atoms with Gasteiger partial charge in [-0.25, -0.2) is 19.2 Å². The quantitative estimate of drug-likeness (QED) is 0.119. The van der Waals surface area contributed by atoms with E-state index in [9.17, 15) is 39.6 Å². The van der Waals surface area contributed by atoms with Crippen molar-refractivity contribution in [3.8, 4) is 23.0 Å². The molecule has 376 valence electrons. The molecular formula is C60H48N8O8. The summed E-state index contributed by atoms with van der Waals surface area (Å²) in [5, 5.41) is 48.0. The number of phenols is 4. The van der Waals surface area contributed by atoms with Crippen LogP contribution in [0, 0.1) is 0 Å². The zero-order chi connectivity index (χ0) is 51.9. The number of hydrogen-bond donors (Lipinski definition) is 4. The van der Waals surface area contributed by atoms with Crippen LogP contribution in [0.3, 0.4) is 0 Å². The number of nitrogens with zero attached hydrogens (tertiary/aromatic N) is 8. The molecule has 4 aromatic heterocycles. The van der Waals surface area contributed by atoms with Crippen molar-refractivity contribution in [1.82, 2.24) is 36.5 Å². The van der Waals surface area contributed by atoms with Crippen LogP contribution >= 0.6 is 0 Å². The number of aromatic nitrogens is 8. The lowest BCUT2D eigenvalue weighted by atomic mass is 10.1. The smallest absolute Gasteiger partial charge is 0.329 e. The van der Waals surface area contributed by atoms with Crippen molar-refractivity contribution >= 4 is 44.1 Å². The van der Waals surface area contributed by atoms with Crippen molar-refractivity contribution in [3.63, 3.8) is 0 Å². The summed E-state index contributed by atoms with van der Waals surface area (Å²) < 4.78 is 12.6. The molecule has 8 aromatic carbocycles.